The van der Waals surface area contributed by atoms with Crippen LogP contribution in [0.4, 0.5) is 0 Å². The Morgan fingerprint density at radius 3 is 2.11 bits per heavy atom. The Hall–Kier alpha value is -0.990. The molecule has 0 bridgehead atoms. The summed E-state index contributed by atoms with van der Waals surface area (Å²) in [5.41, 5.74) is 2.15. The Balaban J connectivity index is 1.03. The number of esters is 1. The summed E-state index contributed by atoms with van der Waals surface area (Å²) in [5.74, 6) is 4.45. The van der Waals surface area contributed by atoms with Gasteiger partial charge in [0, 0.05) is 6.42 Å². The van der Waals surface area contributed by atoms with Crippen LogP contribution in [0.1, 0.15) is 202 Å². The smallest absolute Gasteiger partial charge is 0.305 e. The predicted octanol–water partition coefficient (Wildman–Crippen LogP) is 11.2. The van der Waals surface area contributed by atoms with Gasteiger partial charge >= 0.3 is 5.97 Å². The Labute approximate surface area is 342 Å². The molecule has 5 aliphatic rings. The number of carbonyl (C=O) groups excluding carboxylic acids is 1. The number of fused-ring (bicyclic) bond motifs is 5. The van der Waals surface area contributed by atoms with Gasteiger partial charge < -0.3 is 29.5 Å². The van der Waals surface area contributed by atoms with E-state index in [2.05, 4.69) is 47.6 Å². The van der Waals surface area contributed by atoms with Crippen molar-refractivity contribution in [2.75, 3.05) is 6.61 Å². The molecular weight excluding hydrogens is 701 g/mol. The third-order valence-electron chi connectivity index (χ3n) is 16.1. The normalized spacial score (nSPS) is 37.4. The van der Waals surface area contributed by atoms with Crippen LogP contribution in [-0.2, 0) is 19.0 Å². The van der Waals surface area contributed by atoms with E-state index < -0.39 is 30.7 Å². The standard InChI is InChI=1S/C49H86O7/c1-7-8-9-10-11-12-13-14-15-16-17-18-19-23-43(50)54-33-42-44(51)45(52)46(53)47(56-42)55-37-28-30-48(5)36(32-37)24-25-38-40-27-26-39(35(4)22-20-21-34(2)3)49(40,6)31-29-41(38)48/h24,34-35,37-42,44-47,51-53H,7-23,25-33H2,1-6H3/t35-,37?,38?,39?,40?,41?,42?,44?,45?,46?,47?,48+,49-/m1/s1. The largest absolute Gasteiger partial charge is 0.463 e. The van der Waals surface area contributed by atoms with Crippen molar-refractivity contribution >= 4 is 5.97 Å². The molecule has 0 aromatic rings. The van der Waals surface area contributed by atoms with Gasteiger partial charge in [0.2, 0.25) is 0 Å². The van der Waals surface area contributed by atoms with Crippen LogP contribution in [-0.4, -0.2) is 64.7 Å². The van der Waals surface area contributed by atoms with Gasteiger partial charge in [-0.2, -0.15) is 0 Å². The van der Waals surface area contributed by atoms with Gasteiger partial charge in [0.25, 0.3) is 0 Å². The van der Waals surface area contributed by atoms with Crippen molar-refractivity contribution in [3.05, 3.63) is 11.6 Å². The molecule has 1 aliphatic heterocycles. The number of allylic oxidation sites excluding steroid dienone is 1. The second-order valence-corrected chi connectivity index (χ2v) is 20.5. The van der Waals surface area contributed by atoms with Gasteiger partial charge in [0.15, 0.2) is 6.29 Å². The fraction of sp³-hybridized carbons (Fsp3) is 0.939. The van der Waals surface area contributed by atoms with E-state index in [-0.39, 0.29) is 24.1 Å². The zero-order chi connectivity index (χ0) is 40.3. The van der Waals surface area contributed by atoms with Gasteiger partial charge in [0.1, 0.15) is 31.0 Å². The summed E-state index contributed by atoms with van der Waals surface area (Å²) in [6, 6.07) is 0. The number of rotatable bonds is 23. The summed E-state index contributed by atoms with van der Waals surface area (Å²) in [7, 11) is 0. The van der Waals surface area contributed by atoms with Gasteiger partial charge in [-0.05, 0) is 104 Å². The van der Waals surface area contributed by atoms with Gasteiger partial charge in [-0.3, -0.25) is 4.79 Å². The topological polar surface area (TPSA) is 105 Å². The molecule has 4 aliphatic carbocycles. The minimum Gasteiger partial charge on any atom is -0.463 e. The zero-order valence-electron chi connectivity index (χ0n) is 36.9. The molecule has 5 rings (SSSR count). The molecule has 3 N–H and O–H groups in total. The third kappa shape index (κ3) is 11.6. The first-order valence-electron chi connectivity index (χ1n) is 24.1. The maximum atomic E-state index is 12.6. The minimum atomic E-state index is -1.44. The minimum absolute atomic E-state index is 0.136. The Bertz CT molecular complexity index is 1200. The first-order valence-corrected chi connectivity index (χ1v) is 24.1. The number of carbonyl (C=O) groups is 1. The fourth-order valence-electron chi connectivity index (χ4n) is 12.7. The SMILES string of the molecule is CCCCCCCCCCCCCCCC(=O)OCC1OC(OC2CC[C@@]3(C)C(=CCC4C5CCC([C@H](C)CCCC(C)C)[C@@]5(C)CCC43)C2)C(O)C(O)C1O. The zero-order valence-corrected chi connectivity index (χ0v) is 36.9. The number of aliphatic hydroxyl groups is 3. The predicted molar refractivity (Wildman–Crippen MR) is 226 cm³/mol. The summed E-state index contributed by atoms with van der Waals surface area (Å²) in [5, 5.41) is 32.4. The average Bonchev–Trinajstić information content (AvgIpc) is 3.53. The van der Waals surface area contributed by atoms with Crippen LogP contribution in [0, 0.1) is 46.3 Å². The molecule has 1 saturated heterocycles. The molecule has 0 radical (unpaired) electrons. The highest BCUT2D eigenvalue weighted by Gasteiger charge is 2.59. The molecule has 13 atom stereocenters. The van der Waals surface area contributed by atoms with E-state index in [9.17, 15) is 20.1 Å². The van der Waals surface area contributed by atoms with Crippen LogP contribution in [0.25, 0.3) is 0 Å². The molecule has 10 unspecified atom stereocenters. The lowest BCUT2D eigenvalue weighted by Gasteiger charge is -2.58. The lowest BCUT2D eigenvalue weighted by molar-refractivity contribution is -0.313. The summed E-state index contributed by atoms with van der Waals surface area (Å²) in [6.07, 6.45) is 26.2. The van der Waals surface area contributed by atoms with E-state index >= 15 is 0 Å². The number of unbranched alkanes of at least 4 members (excludes halogenated alkanes) is 12. The highest BCUT2D eigenvalue weighted by molar-refractivity contribution is 5.69. The number of hydrogen-bond acceptors (Lipinski definition) is 7. The van der Waals surface area contributed by atoms with Crippen molar-refractivity contribution in [3.8, 4) is 0 Å². The molecule has 3 saturated carbocycles. The van der Waals surface area contributed by atoms with E-state index in [1.165, 1.54) is 115 Å². The molecule has 4 fully saturated rings. The molecule has 0 aromatic heterocycles. The van der Waals surface area contributed by atoms with Crippen LogP contribution < -0.4 is 0 Å². The Morgan fingerprint density at radius 1 is 0.786 bits per heavy atom. The molecule has 7 heteroatoms. The number of ether oxygens (including phenoxy) is 3. The van der Waals surface area contributed by atoms with E-state index in [1.54, 1.807) is 0 Å². The van der Waals surface area contributed by atoms with E-state index in [0.29, 0.717) is 17.8 Å². The Kier molecular flexibility index (Phi) is 18.1. The fourth-order valence-corrected chi connectivity index (χ4v) is 12.7. The number of hydrogen-bond donors (Lipinski definition) is 3. The van der Waals surface area contributed by atoms with Gasteiger partial charge in [-0.1, -0.05) is 150 Å². The highest BCUT2D eigenvalue weighted by Crippen LogP contribution is 2.67. The maximum Gasteiger partial charge on any atom is 0.305 e. The molecular formula is C49H86O7. The third-order valence-corrected chi connectivity index (χ3v) is 16.1. The Morgan fingerprint density at radius 2 is 1.45 bits per heavy atom. The van der Waals surface area contributed by atoms with E-state index in [4.69, 9.17) is 14.2 Å². The van der Waals surface area contributed by atoms with Crippen molar-refractivity contribution in [1.82, 2.24) is 0 Å². The molecule has 0 spiro atoms. The first-order chi connectivity index (χ1) is 26.9. The highest BCUT2D eigenvalue weighted by atomic mass is 16.7. The van der Waals surface area contributed by atoms with E-state index in [0.717, 1.165) is 74.5 Å². The molecule has 0 amide bonds. The molecule has 0 aromatic carbocycles. The quantitative estimate of drug-likeness (QED) is 0.0538. The van der Waals surface area contributed by atoms with Crippen LogP contribution in [0.15, 0.2) is 11.6 Å². The van der Waals surface area contributed by atoms with Crippen LogP contribution >= 0.6 is 0 Å². The van der Waals surface area contributed by atoms with Crippen molar-refractivity contribution in [1.29, 1.82) is 0 Å². The average molecular weight is 787 g/mol. The van der Waals surface area contributed by atoms with Crippen LogP contribution in [0.3, 0.4) is 0 Å². The van der Waals surface area contributed by atoms with Gasteiger partial charge in [-0.25, -0.2) is 0 Å². The summed E-state index contributed by atoms with van der Waals surface area (Å²) >= 11 is 0. The second-order valence-electron chi connectivity index (χ2n) is 20.5. The van der Waals surface area contributed by atoms with Gasteiger partial charge in [0.05, 0.1) is 6.10 Å². The van der Waals surface area contributed by atoms with Crippen molar-refractivity contribution in [2.45, 2.75) is 239 Å². The van der Waals surface area contributed by atoms with Crippen molar-refractivity contribution in [2.24, 2.45) is 46.3 Å². The molecule has 324 valence electrons. The van der Waals surface area contributed by atoms with Crippen molar-refractivity contribution in [3.63, 3.8) is 0 Å². The van der Waals surface area contributed by atoms with Crippen LogP contribution in [0.5, 0.6) is 0 Å². The molecule has 1 heterocycles. The monoisotopic (exact) mass is 787 g/mol. The van der Waals surface area contributed by atoms with Crippen LogP contribution in [0.2, 0.25) is 0 Å². The van der Waals surface area contributed by atoms with Crippen molar-refractivity contribution < 1.29 is 34.3 Å². The summed E-state index contributed by atoms with van der Waals surface area (Å²) < 4.78 is 18.0. The first kappa shape index (κ1) is 46.1. The molecule has 56 heavy (non-hydrogen) atoms. The lowest BCUT2D eigenvalue weighted by atomic mass is 9.47. The van der Waals surface area contributed by atoms with Gasteiger partial charge in [-0.15, -0.1) is 0 Å². The van der Waals surface area contributed by atoms with E-state index in [1.807, 2.05) is 0 Å². The second kappa shape index (κ2) is 22.0. The summed E-state index contributed by atoms with van der Waals surface area (Å²) in [6.45, 7) is 14.5. The number of aliphatic hydroxyl groups excluding tert-OH is 3. The maximum absolute atomic E-state index is 12.6. The molecule has 7 nitrogen and oxygen atoms in total. The lowest BCUT2D eigenvalue weighted by Crippen LogP contribution is -2.60. The summed E-state index contributed by atoms with van der Waals surface area (Å²) in [4.78, 5) is 12.6.